The predicted molar refractivity (Wildman–Crippen MR) is 35.8 cm³/mol. The third kappa shape index (κ3) is 1.16. The highest BCUT2D eigenvalue weighted by Gasteiger charge is 2.49. The molecule has 0 radical (unpaired) electrons. The standard InChI is InChI=1S/C7H12O4/c1-7(2)10-4-3-9-6(8)5(4)11-7/h4-6,8H,3H2,1-2H3/t4-,5-,6-/m0/s1. The van der Waals surface area contributed by atoms with Gasteiger partial charge in [0.05, 0.1) is 6.61 Å². The molecule has 0 aromatic heterocycles. The molecule has 0 bridgehead atoms. The van der Waals surface area contributed by atoms with E-state index in [4.69, 9.17) is 14.2 Å². The normalized spacial score (nSPS) is 47.7. The van der Waals surface area contributed by atoms with E-state index in [0.717, 1.165) is 0 Å². The molecule has 4 nitrogen and oxygen atoms in total. The molecule has 11 heavy (non-hydrogen) atoms. The first-order chi connectivity index (χ1) is 5.08. The number of hydrogen-bond acceptors (Lipinski definition) is 4. The molecule has 1 N–H and O–H groups in total. The van der Waals surface area contributed by atoms with Crippen molar-refractivity contribution in [2.75, 3.05) is 6.61 Å². The lowest BCUT2D eigenvalue weighted by atomic mass is 10.2. The van der Waals surface area contributed by atoms with Gasteiger partial charge in [-0.05, 0) is 13.8 Å². The van der Waals surface area contributed by atoms with E-state index in [1.54, 1.807) is 0 Å². The Morgan fingerprint density at radius 1 is 1.36 bits per heavy atom. The molecule has 4 heteroatoms. The van der Waals surface area contributed by atoms with Crippen molar-refractivity contribution in [2.45, 2.75) is 38.1 Å². The molecule has 0 amide bonds. The summed E-state index contributed by atoms with van der Waals surface area (Å²) in [6, 6.07) is 0. The van der Waals surface area contributed by atoms with Crippen LogP contribution in [-0.4, -0.2) is 36.0 Å². The highest BCUT2D eigenvalue weighted by Crippen LogP contribution is 2.33. The van der Waals surface area contributed by atoms with E-state index in [1.165, 1.54) is 0 Å². The molecule has 3 atom stereocenters. The lowest BCUT2D eigenvalue weighted by Gasteiger charge is -2.19. The van der Waals surface area contributed by atoms with Crippen molar-refractivity contribution >= 4 is 0 Å². The van der Waals surface area contributed by atoms with Crippen LogP contribution < -0.4 is 0 Å². The molecule has 2 aliphatic heterocycles. The average Bonchev–Trinajstić information content (AvgIpc) is 2.31. The fraction of sp³-hybridized carbons (Fsp3) is 1.00. The molecule has 2 saturated heterocycles. The van der Waals surface area contributed by atoms with Crippen molar-refractivity contribution in [3.05, 3.63) is 0 Å². The van der Waals surface area contributed by atoms with Gasteiger partial charge in [0, 0.05) is 0 Å². The van der Waals surface area contributed by atoms with Gasteiger partial charge in [-0.2, -0.15) is 0 Å². The van der Waals surface area contributed by atoms with Crippen molar-refractivity contribution in [3.63, 3.8) is 0 Å². The van der Waals surface area contributed by atoms with E-state index in [2.05, 4.69) is 0 Å². The third-order valence-corrected chi connectivity index (χ3v) is 1.93. The zero-order valence-corrected chi connectivity index (χ0v) is 6.61. The highest BCUT2D eigenvalue weighted by atomic mass is 16.8. The van der Waals surface area contributed by atoms with Crippen molar-refractivity contribution in [3.8, 4) is 0 Å². The Labute approximate surface area is 65.1 Å². The average molecular weight is 160 g/mol. The summed E-state index contributed by atoms with van der Waals surface area (Å²) in [6.07, 6.45) is -1.22. The van der Waals surface area contributed by atoms with Gasteiger partial charge in [-0.25, -0.2) is 0 Å². The van der Waals surface area contributed by atoms with Gasteiger partial charge in [0.15, 0.2) is 12.1 Å². The fourth-order valence-electron chi connectivity index (χ4n) is 1.52. The molecular formula is C7H12O4. The molecule has 0 spiro atoms. The van der Waals surface area contributed by atoms with E-state index in [0.29, 0.717) is 6.61 Å². The van der Waals surface area contributed by atoms with Crippen LogP contribution in [0.2, 0.25) is 0 Å². The molecule has 2 heterocycles. The van der Waals surface area contributed by atoms with Crippen LogP contribution in [0.15, 0.2) is 0 Å². The van der Waals surface area contributed by atoms with Crippen molar-refractivity contribution in [1.29, 1.82) is 0 Å². The maximum Gasteiger partial charge on any atom is 0.184 e. The second kappa shape index (κ2) is 2.17. The molecule has 0 unspecified atom stereocenters. The van der Waals surface area contributed by atoms with Crippen molar-refractivity contribution in [2.24, 2.45) is 0 Å². The summed E-state index contributed by atoms with van der Waals surface area (Å²) in [5.41, 5.74) is 0. The number of aliphatic hydroxyl groups is 1. The second-order valence-electron chi connectivity index (χ2n) is 3.36. The van der Waals surface area contributed by atoms with Gasteiger partial charge in [-0.15, -0.1) is 0 Å². The van der Waals surface area contributed by atoms with Gasteiger partial charge in [-0.3, -0.25) is 0 Å². The number of aliphatic hydroxyl groups excluding tert-OH is 1. The van der Waals surface area contributed by atoms with Crippen LogP contribution in [0.25, 0.3) is 0 Å². The summed E-state index contributed by atoms with van der Waals surface area (Å²) >= 11 is 0. The first-order valence-corrected chi connectivity index (χ1v) is 3.74. The first kappa shape index (κ1) is 7.49. The monoisotopic (exact) mass is 160 g/mol. The van der Waals surface area contributed by atoms with Gasteiger partial charge in [0.25, 0.3) is 0 Å². The summed E-state index contributed by atoms with van der Waals surface area (Å²) in [7, 11) is 0. The minimum atomic E-state index is -0.818. The SMILES string of the molecule is CC1(C)O[C@H]2[C@H](CO[C@@H]2O)O1. The lowest BCUT2D eigenvalue weighted by molar-refractivity contribution is -0.205. The second-order valence-corrected chi connectivity index (χ2v) is 3.36. The van der Waals surface area contributed by atoms with Crippen LogP contribution >= 0.6 is 0 Å². The Bertz CT molecular complexity index is 168. The van der Waals surface area contributed by atoms with Crippen molar-refractivity contribution in [1.82, 2.24) is 0 Å². The van der Waals surface area contributed by atoms with E-state index in [-0.39, 0.29) is 12.2 Å². The predicted octanol–water partition coefficient (Wildman–Crippen LogP) is -0.145. The Kier molecular flexibility index (Phi) is 1.47. The Balaban J connectivity index is 2.10. The summed E-state index contributed by atoms with van der Waals surface area (Å²) in [4.78, 5) is 0. The van der Waals surface area contributed by atoms with Crippen LogP contribution in [0.1, 0.15) is 13.8 Å². The van der Waals surface area contributed by atoms with Gasteiger partial charge < -0.3 is 19.3 Å². The van der Waals surface area contributed by atoms with Crippen LogP contribution in [0.3, 0.4) is 0 Å². The minimum Gasteiger partial charge on any atom is -0.366 e. The molecule has 2 rings (SSSR count). The molecule has 0 aliphatic carbocycles. The lowest BCUT2D eigenvalue weighted by Crippen LogP contribution is -2.29. The highest BCUT2D eigenvalue weighted by molar-refractivity contribution is 4.87. The number of rotatable bonds is 0. The molecule has 64 valence electrons. The number of hydrogen-bond donors (Lipinski definition) is 1. The zero-order valence-electron chi connectivity index (χ0n) is 6.61. The number of fused-ring (bicyclic) bond motifs is 1. The van der Waals surface area contributed by atoms with Crippen LogP contribution in [0.4, 0.5) is 0 Å². The first-order valence-electron chi connectivity index (χ1n) is 3.74. The maximum atomic E-state index is 9.20. The summed E-state index contributed by atoms with van der Waals surface area (Å²) < 4.78 is 15.7. The topological polar surface area (TPSA) is 47.9 Å². The summed E-state index contributed by atoms with van der Waals surface area (Å²) in [6.45, 7) is 4.09. The van der Waals surface area contributed by atoms with Gasteiger partial charge in [0.1, 0.15) is 12.2 Å². The minimum absolute atomic E-state index is 0.0972. The van der Waals surface area contributed by atoms with E-state index in [9.17, 15) is 5.11 Å². The fourth-order valence-corrected chi connectivity index (χ4v) is 1.52. The van der Waals surface area contributed by atoms with Crippen LogP contribution in [0, 0.1) is 0 Å². The summed E-state index contributed by atoms with van der Waals surface area (Å²) in [5, 5.41) is 9.20. The van der Waals surface area contributed by atoms with E-state index < -0.39 is 12.1 Å². The summed E-state index contributed by atoms with van der Waals surface area (Å²) in [5.74, 6) is -0.569. The molecule has 0 aromatic rings. The quantitative estimate of drug-likeness (QED) is 0.535. The molecular weight excluding hydrogens is 148 g/mol. The van der Waals surface area contributed by atoms with Gasteiger partial charge in [-0.1, -0.05) is 0 Å². The molecule has 0 aromatic carbocycles. The molecule has 0 saturated carbocycles. The van der Waals surface area contributed by atoms with Crippen LogP contribution in [-0.2, 0) is 14.2 Å². The van der Waals surface area contributed by atoms with Crippen molar-refractivity contribution < 1.29 is 19.3 Å². The molecule has 2 aliphatic rings. The zero-order chi connectivity index (χ0) is 8.06. The maximum absolute atomic E-state index is 9.20. The van der Waals surface area contributed by atoms with E-state index >= 15 is 0 Å². The Hall–Kier alpha value is -0.160. The largest absolute Gasteiger partial charge is 0.366 e. The Morgan fingerprint density at radius 3 is 2.73 bits per heavy atom. The Morgan fingerprint density at radius 2 is 2.09 bits per heavy atom. The van der Waals surface area contributed by atoms with Gasteiger partial charge >= 0.3 is 0 Å². The van der Waals surface area contributed by atoms with E-state index in [1.807, 2.05) is 13.8 Å². The smallest absolute Gasteiger partial charge is 0.184 e. The van der Waals surface area contributed by atoms with Crippen LogP contribution in [0.5, 0.6) is 0 Å². The molecule has 2 fully saturated rings. The van der Waals surface area contributed by atoms with Gasteiger partial charge in [0.2, 0.25) is 0 Å². The number of ether oxygens (including phenoxy) is 3. The third-order valence-electron chi connectivity index (χ3n) is 1.93.